The summed E-state index contributed by atoms with van der Waals surface area (Å²) in [6, 6.07) is 37.6. The summed E-state index contributed by atoms with van der Waals surface area (Å²) in [5, 5.41) is 31.2. The molecule has 0 bridgehead atoms. The maximum atomic E-state index is 13.2. The minimum absolute atomic E-state index is 0. The molecule has 0 atom stereocenters. The molecule has 106 heavy (non-hydrogen) atoms. The van der Waals surface area contributed by atoms with Crippen LogP contribution in [-0.4, -0.2) is 196 Å². The first-order valence-corrected chi connectivity index (χ1v) is 32.2. The fourth-order valence-electron chi connectivity index (χ4n) is 10.3. The number of carboxylic acids is 2. The number of piperazine rings is 2. The van der Waals surface area contributed by atoms with Gasteiger partial charge in [0.25, 0.3) is 29.5 Å². The zero-order valence-corrected chi connectivity index (χ0v) is 58.5. The van der Waals surface area contributed by atoms with Gasteiger partial charge in [-0.15, -0.1) is 24.8 Å². The molecule has 0 saturated carbocycles. The number of hydrogen-bond acceptors (Lipinski definition) is 14. The number of nitrogens with one attached hydrogen (secondary N) is 8. The smallest absolute Gasteiger partial charge is 0.417 e. The number of hydrogen-bond donors (Lipinski definition) is 11. The van der Waals surface area contributed by atoms with E-state index in [1.807, 2.05) is 36.5 Å². The van der Waals surface area contributed by atoms with Gasteiger partial charge in [0.2, 0.25) is 5.91 Å². The SMILES string of the molecule is CCOC(=O)CN.CCOC(=O)CNC(=O)c1ccc2[nH]ccc2c1.Cl.Cl.O=C(NCC(=O)N1CCN(C(=O)c2ccccc2C(F)(F)F)CC1)c1ccc2[nH]ccc2c1.O=C(O)CNC(=O)c1ccc2[nH]ccc2c1.O=C(O)c1ccc2[nH]ccc2c1.O=C(c1ccccc1C(F)(F)F)N1CCNCC1. The second-order valence-electron chi connectivity index (χ2n) is 22.5. The highest BCUT2D eigenvalue weighted by Gasteiger charge is 2.38. The molecule has 6 amide bonds. The molecule has 12 N–H and O–H groups in total. The van der Waals surface area contributed by atoms with Crippen molar-refractivity contribution in [2.24, 2.45) is 5.73 Å². The molecule has 26 nitrogen and oxygen atoms in total. The molecule has 564 valence electrons. The van der Waals surface area contributed by atoms with Crippen LogP contribution in [-0.2, 0) is 41.0 Å². The Hall–Kier alpha value is -11.7. The number of nitrogens with two attached hydrogens (primary N) is 1. The molecule has 0 spiro atoms. The van der Waals surface area contributed by atoms with E-state index in [4.69, 9.17) is 20.7 Å². The normalized spacial score (nSPS) is 12.3. The maximum absolute atomic E-state index is 13.2. The highest BCUT2D eigenvalue weighted by Crippen LogP contribution is 2.34. The number of aromatic nitrogens is 4. The molecular weight excluding hydrogens is 1440 g/mol. The van der Waals surface area contributed by atoms with E-state index >= 15 is 0 Å². The lowest BCUT2D eigenvalue weighted by Gasteiger charge is -2.35. The zero-order chi connectivity index (χ0) is 75.5. The lowest BCUT2D eigenvalue weighted by molar-refractivity contribution is -0.142. The quantitative estimate of drug-likeness (QED) is 0.0336. The molecule has 12 rings (SSSR count). The summed E-state index contributed by atoms with van der Waals surface area (Å²) < 4.78 is 87.2. The number of ether oxygens (including phenoxy) is 2. The average molecular weight is 1520 g/mol. The minimum Gasteiger partial charge on any atom is -0.480 e. The summed E-state index contributed by atoms with van der Waals surface area (Å²) in [5.41, 5.74) is 7.84. The monoisotopic (exact) mass is 1520 g/mol. The summed E-state index contributed by atoms with van der Waals surface area (Å²) in [7, 11) is 0. The van der Waals surface area contributed by atoms with Gasteiger partial charge in [0.1, 0.15) is 13.1 Å². The first-order valence-electron chi connectivity index (χ1n) is 32.2. The number of carbonyl (C=O) groups is 10. The number of halogens is 8. The van der Waals surface area contributed by atoms with Crippen LogP contribution in [0.2, 0.25) is 0 Å². The summed E-state index contributed by atoms with van der Waals surface area (Å²) >= 11 is 0. The molecule has 2 saturated heterocycles. The van der Waals surface area contributed by atoms with E-state index in [0.717, 1.165) is 61.8 Å². The van der Waals surface area contributed by atoms with Crippen molar-refractivity contribution in [3.63, 3.8) is 0 Å². The predicted molar refractivity (Wildman–Crippen MR) is 386 cm³/mol. The van der Waals surface area contributed by atoms with Gasteiger partial charge < -0.3 is 81.3 Å². The Bertz CT molecular complexity index is 4640. The van der Waals surface area contributed by atoms with Gasteiger partial charge >= 0.3 is 36.2 Å². The molecule has 0 aliphatic carbocycles. The molecule has 0 unspecified atom stereocenters. The van der Waals surface area contributed by atoms with Gasteiger partial charge in [-0.25, -0.2) is 4.79 Å². The Kier molecular flexibility index (Phi) is 32.8. The third-order valence-corrected chi connectivity index (χ3v) is 15.5. The fraction of sp³-hybridized carbons (Fsp3) is 0.250. The first kappa shape index (κ1) is 84.9. The van der Waals surface area contributed by atoms with Gasteiger partial charge in [-0.05, 0) is 135 Å². The zero-order valence-electron chi connectivity index (χ0n) is 56.9. The number of aromatic amines is 4. The second kappa shape index (κ2) is 40.9. The molecule has 6 aromatic carbocycles. The van der Waals surface area contributed by atoms with Crippen LogP contribution in [0.15, 0.2) is 170 Å². The van der Waals surface area contributed by atoms with Crippen LogP contribution in [0, 0.1) is 0 Å². The number of rotatable bonds is 15. The molecule has 2 fully saturated rings. The number of amides is 6. The van der Waals surface area contributed by atoms with E-state index in [9.17, 15) is 74.3 Å². The maximum Gasteiger partial charge on any atom is 0.417 e. The van der Waals surface area contributed by atoms with Crippen molar-refractivity contribution in [3.8, 4) is 0 Å². The van der Waals surface area contributed by atoms with E-state index in [0.29, 0.717) is 61.6 Å². The topological polar surface area (TPSA) is 377 Å². The van der Waals surface area contributed by atoms with Crippen LogP contribution in [0.5, 0.6) is 0 Å². The number of nitrogens with zero attached hydrogens (tertiary/aromatic N) is 3. The van der Waals surface area contributed by atoms with E-state index in [2.05, 4.69) is 45.9 Å². The number of aromatic carboxylic acids is 1. The Morgan fingerprint density at radius 1 is 0.443 bits per heavy atom. The van der Waals surface area contributed by atoms with Crippen LogP contribution >= 0.6 is 24.8 Å². The van der Waals surface area contributed by atoms with Crippen LogP contribution in [0.1, 0.15) is 87.1 Å². The number of fused-ring (bicyclic) bond motifs is 4. The largest absolute Gasteiger partial charge is 0.480 e. The first-order chi connectivity index (χ1) is 49.7. The fourth-order valence-corrected chi connectivity index (χ4v) is 10.3. The number of carboxylic acid groups (broad SMARTS) is 2. The average Bonchev–Trinajstić information content (AvgIpc) is 1.16. The number of H-pyrrole nitrogens is 4. The van der Waals surface area contributed by atoms with E-state index < -0.39 is 58.8 Å². The molecular formula is C72H76Cl2F6N12O14. The van der Waals surface area contributed by atoms with Crippen molar-refractivity contribution in [1.29, 1.82) is 0 Å². The van der Waals surface area contributed by atoms with Crippen molar-refractivity contribution < 1.29 is 94.0 Å². The van der Waals surface area contributed by atoms with Gasteiger partial charge in [-0.1, -0.05) is 24.3 Å². The van der Waals surface area contributed by atoms with Crippen molar-refractivity contribution >= 4 is 128 Å². The van der Waals surface area contributed by atoms with Gasteiger partial charge in [-0.2, -0.15) is 26.3 Å². The van der Waals surface area contributed by atoms with Crippen molar-refractivity contribution in [2.75, 3.05) is 91.8 Å². The summed E-state index contributed by atoms with van der Waals surface area (Å²) in [6.07, 6.45) is -1.99. The number of benzene rings is 6. The van der Waals surface area contributed by atoms with E-state index in [-0.39, 0.29) is 112 Å². The molecule has 0 radical (unpaired) electrons. The van der Waals surface area contributed by atoms with Crippen molar-refractivity contribution in [3.05, 3.63) is 215 Å². The van der Waals surface area contributed by atoms with Crippen molar-refractivity contribution in [1.82, 2.24) is 55.9 Å². The van der Waals surface area contributed by atoms with Gasteiger partial charge in [-0.3, -0.25) is 43.2 Å². The van der Waals surface area contributed by atoms with E-state index in [1.54, 1.807) is 99.2 Å². The number of esters is 2. The third-order valence-electron chi connectivity index (χ3n) is 15.5. The number of carbonyl (C=O) groups excluding carboxylic acids is 8. The molecule has 6 heterocycles. The standard InChI is InChI=1S/C23H21F3N4O3.C13H14N2O3.C12H13F3N2O.C11H10N2O3.C9H7NO2.C4H9NO2.2ClH/c24-23(25,26)18-4-2-1-3-17(18)22(33)30-11-9-29(10-12-30)20(31)14-28-21(32)16-5-6-19-15(13-16)7-8-27-19;1-2-18-12(16)8-15-13(17)10-3-4-11-9(7-10)5-6-14-11;13-12(14,15)10-4-2-1-3-9(10)11(18)17-7-5-16-6-8-17;14-10(15)6-13-11(16)8-1-2-9-7(5-8)3-4-12-9;11-9(12)7-1-2-8-6(5-7)3-4-10-8;1-2-7-4(6)3-5;;/h1-8,13,27H,9-12,14H2,(H,28,32);3-7,14H,2,8H2,1H3,(H,15,17);1-4,16H,5-8H2;1-5,12H,6H2,(H,13,16)(H,14,15);1-5,10H,(H,11,12);2-3,5H2,1H3;2*1H. The van der Waals surface area contributed by atoms with Crippen LogP contribution in [0.25, 0.3) is 43.6 Å². The summed E-state index contributed by atoms with van der Waals surface area (Å²) in [6.45, 7) is 6.12. The van der Waals surface area contributed by atoms with Crippen LogP contribution in [0.4, 0.5) is 26.3 Å². The molecule has 10 aromatic rings. The lowest BCUT2D eigenvalue weighted by Crippen LogP contribution is -2.52. The Morgan fingerprint density at radius 3 is 1.14 bits per heavy atom. The van der Waals surface area contributed by atoms with Gasteiger partial charge in [0, 0.05) is 137 Å². The number of aliphatic carboxylic acids is 1. The van der Waals surface area contributed by atoms with Crippen LogP contribution in [0.3, 0.4) is 0 Å². The minimum atomic E-state index is -4.63. The van der Waals surface area contributed by atoms with E-state index in [1.165, 1.54) is 45.0 Å². The van der Waals surface area contributed by atoms with Gasteiger partial charge in [0.05, 0.1) is 54.1 Å². The third kappa shape index (κ3) is 25.0. The second-order valence-corrected chi connectivity index (χ2v) is 22.5. The molecule has 34 heteroatoms. The predicted octanol–water partition coefficient (Wildman–Crippen LogP) is 9.31. The molecule has 2 aliphatic heterocycles. The summed E-state index contributed by atoms with van der Waals surface area (Å²) in [4.78, 5) is 131. The highest BCUT2D eigenvalue weighted by molar-refractivity contribution is 6.02. The van der Waals surface area contributed by atoms with Gasteiger partial charge in [0.15, 0.2) is 0 Å². The Labute approximate surface area is 613 Å². The van der Waals surface area contributed by atoms with Crippen molar-refractivity contribution in [2.45, 2.75) is 26.2 Å². The number of alkyl halides is 6. The lowest BCUT2D eigenvalue weighted by atomic mass is 10.1. The molecule has 4 aromatic heterocycles. The summed E-state index contributed by atoms with van der Waals surface area (Å²) in [5.74, 6) is -5.38. The Morgan fingerprint density at radius 2 is 0.783 bits per heavy atom. The Balaban J connectivity index is 0.000000241. The van der Waals surface area contributed by atoms with Crippen LogP contribution < -0.4 is 27.0 Å². The highest BCUT2D eigenvalue weighted by atomic mass is 35.5. The molecule has 2 aliphatic rings.